The molecule has 5 nitrogen and oxygen atoms in total. The minimum absolute atomic E-state index is 0.163. The molecule has 0 bridgehead atoms. The molecule has 1 aromatic rings. The number of alkyl halides is 2. The molecule has 1 N–H and O–H groups in total. The summed E-state index contributed by atoms with van der Waals surface area (Å²) in [6, 6.07) is 7.40. The van der Waals surface area contributed by atoms with Crippen molar-refractivity contribution in [1.82, 2.24) is 4.90 Å². The number of aryl methyl sites for hydroxylation is 1. The van der Waals surface area contributed by atoms with Gasteiger partial charge in [0.15, 0.2) is 0 Å². The molecule has 1 aromatic carbocycles. The number of carbonyl (C=O) groups excluding carboxylic acids is 3. The summed E-state index contributed by atoms with van der Waals surface area (Å²) in [6.45, 7) is 1.67. The van der Waals surface area contributed by atoms with Crippen LogP contribution in [0.5, 0.6) is 0 Å². The summed E-state index contributed by atoms with van der Waals surface area (Å²) >= 11 is 7.10. The van der Waals surface area contributed by atoms with E-state index in [2.05, 4.69) is 37.2 Å². The fourth-order valence-electron chi connectivity index (χ4n) is 3.37. The van der Waals surface area contributed by atoms with E-state index in [1.165, 1.54) is 0 Å². The van der Waals surface area contributed by atoms with Crippen molar-refractivity contribution in [2.45, 2.75) is 29.4 Å². The summed E-state index contributed by atoms with van der Waals surface area (Å²) in [5.41, 5.74) is 1.63. The number of rotatable bonds is 3. The van der Waals surface area contributed by atoms with Crippen molar-refractivity contribution in [2.75, 3.05) is 11.9 Å². The van der Waals surface area contributed by atoms with E-state index in [0.29, 0.717) is 18.5 Å². The van der Waals surface area contributed by atoms with Crippen LogP contribution in [0.2, 0.25) is 0 Å². The Bertz CT molecular complexity index is 666. The minimum atomic E-state index is -0.351. The Morgan fingerprint density at radius 1 is 1.12 bits per heavy atom. The first-order valence-corrected chi connectivity index (χ1v) is 9.70. The molecule has 0 aromatic heterocycles. The highest BCUT2D eigenvalue weighted by atomic mass is 79.9. The largest absolute Gasteiger partial charge is 0.324 e. The molecule has 1 aliphatic heterocycles. The first kappa shape index (κ1) is 17.6. The van der Waals surface area contributed by atoms with E-state index in [0.717, 1.165) is 10.5 Å². The SMILES string of the molecule is Cc1ccccc1NC(=O)CN1C(=O)[C@H]2C[C@@H](Br)[C@@H](Br)C[C@H]2C1=O. The molecular weight excluding hydrogens is 440 g/mol. The third-order valence-corrected chi connectivity index (χ3v) is 7.46. The molecule has 0 radical (unpaired) electrons. The van der Waals surface area contributed by atoms with Crippen molar-refractivity contribution < 1.29 is 14.4 Å². The first-order valence-electron chi connectivity index (χ1n) is 7.87. The Hall–Kier alpha value is -1.21. The Morgan fingerprint density at radius 2 is 1.67 bits per heavy atom. The normalized spacial score (nSPS) is 29.5. The molecule has 3 amide bonds. The molecule has 4 atom stereocenters. The second-order valence-electron chi connectivity index (χ2n) is 6.34. The summed E-state index contributed by atoms with van der Waals surface area (Å²) in [7, 11) is 0. The summed E-state index contributed by atoms with van der Waals surface area (Å²) in [5.74, 6) is -1.44. The summed E-state index contributed by atoms with van der Waals surface area (Å²) in [5, 5.41) is 2.77. The Balaban J connectivity index is 1.69. The summed E-state index contributed by atoms with van der Waals surface area (Å²) in [6.07, 6.45) is 1.22. The molecule has 2 aliphatic rings. The quantitative estimate of drug-likeness (QED) is 0.560. The van der Waals surface area contributed by atoms with Gasteiger partial charge in [0.25, 0.3) is 0 Å². The highest BCUT2D eigenvalue weighted by Crippen LogP contribution is 2.43. The molecule has 3 rings (SSSR count). The highest BCUT2D eigenvalue weighted by Gasteiger charge is 2.52. The summed E-state index contributed by atoms with van der Waals surface area (Å²) in [4.78, 5) is 38.8. The van der Waals surface area contributed by atoms with Gasteiger partial charge in [0, 0.05) is 15.3 Å². The number of benzene rings is 1. The third-order valence-electron chi connectivity index (χ3n) is 4.72. The van der Waals surface area contributed by atoms with E-state index in [1.54, 1.807) is 6.07 Å². The molecule has 24 heavy (non-hydrogen) atoms. The fraction of sp³-hybridized carbons (Fsp3) is 0.471. The number of nitrogens with one attached hydrogen (secondary N) is 1. The summed E-state index contributed by atoms with van der Waals surface area (Å²) < 4.78 is 0. The number of imide groups is 1. The van der Waals surface area contributed by atoms with Gasteiger partial charge in [-0.05, 0) is 31.4 Å². The van der Waals surface area contributed by atoms with Gasteiger partial charge in [0.2, 0.25) is 17.7 Å². The van der Waals surface area contributed by atoms with E-state index in [1.807, 2.05) is 25.1 Å². The van der Waals surface area contributed by atoms with Gasteiger partial charge in [-0.1, -0.05) is 50.1 Å². The number of fused-ring (bicyclic) bond motifs is 1. The van der Waals surface area contributed by atoms with Gasteiger partial charge in [0.1, 0.15) is 6.54 Å². The molecule has 0 spiro atoms. The van der Waals surface area contributed by atoms with Gasteiger partial charge in [-0.15, -0.1) is 0 Å². The van der Waals surface area contributed by atoms with E-state index in [9.17, 15) is 14.4 Å². The maximum Gasteiger partial charge on any atom is 0.244 e. The number of hydrogen-bond acceptors (Lipinski definition) is 3. The van der Waals surface area contributed by atoms with Crippen LogP contribution in [0, 0.1) is 18.8 Å². The minimum Gasteiger partial charge on any atom is -0.324 e. The number of halogens is 2. The number of para-hydroxylation sites is 1. The van der Waals surface area contributed by atoms with Crippen molar-refractivity contribution >= 4 is 55.3 Å². The Kier molecular flexibility index (Phi) is 5.11. The highest BCUT2D eigenvalue weighted by molar-refractivity contribution is 9.12. The lowest BCUT2D eigenvalue weighted by Gasteiger charge is -2.29. The van der Waals surface area contributed by atoms with Gasteiger partial charge in [-0.2, -0.15) is 0 Å². The van der Waals surface area contributed by atoms with Crippen LogP contribution < -0.4 is 5.32 Å². The van der Waals surface area contributed by atoms with Crippen LogP contribution in [0.25, 0.3) is 0 Å². The van der Waals surface area contributed by atoms with Crippen LogP contribution in [0.3, 0.4) is 0 Å². The standard InChI is InChI=1S/C17H18Br2N2O3/c1-9-4-2-3-5-14(9)20-15(22)8-21-16(23)10-6-12(18)13(19)7-11(10)17(21)24/h2-5,10-13H,6-8H2,1H3,(H,20,22)/t10-,11+,12+,13-. The zero-order valence-electron chi connectivity index (χ0n) is 13.2. The van der Waals surface area contributed by atoms with Gasteiger partial charge in [-0.25, -0.2) is 0 Å². The fourth-order valence-corrected chi connectivity index (χ4v) is 4.60. The molecule has 1 heterocycles. The van der Waals surface area contributed by atoms with E-state index >= 15 is 0 Å². The lowest BCUT2D eigenvalue weighted by atomic mass is 9.81. The topological polar surface area (TPSA) is 66.5 Å². The smallest absolute Gasteiger partial charge is 0.244 e. The van der Waals surface area contributed by atoms with Crippen molar-refractivity contribution in [2.24, 2.45) is 11.8 Å². The molecule has 1 saturated carbocycles. The average molecular weight is 458 g/mol. The van der Waals surface area contributed by atoms with Crippen molar-refractivity contribution in [3.63, 3.8) is 0 Å². The number of nitrogens with zero attached hydrogens (tertiary/aromatic N) is 1. The second-order valence-corrected chi connectivity index (χ2v) is 8.69. The van der Waals surface area contributed by atoms with Gasteiger partial charge in [0.05, 0.1) is 11.8 Å². The van der Waals surface area contributed by atoms with Crippen LogP contribution in [0.1, 0.15) is 18.4 Å². The van der Waals surface area contributed by atoms with E-state index in [-0.39, 0.29) is 45.8 Å². The monoisotopic (exact) mass is 456 g/mol. The van der Waals surface area contributed by atoms with Crippen molar-refractivity contribution in [3.05, 3.63) is 29.8 Å². The Labute approximate surface area is 157 Å². The van der Waals surface area contributed by atoms with Crippen LogP contribution in [-0.2, 0) is 14.4 Å². The molecule has 0 unspecified atom stereocenters. The van der Waals surface area contributed by atoms with Crippen molar-refractivity contribution in [1.29, 1.82) is 0 Å². The molecule has 2 fully saturated rings. The molecule has 1 saturated heterocycles. The number of likely N-dealkylation sites (tertiary alicyclic amines) is 1. The number of carbonyl (C=O) groups is 3. The zero-order valence-corrected chi connectivity index (χ0v) is 16.3. The number of hydrogen-bond donors (Lipinski definition) is 1. The van der Waals surface area contributed by atoms with Gasteiger partial charge in [-0.3, -0.25) is 19.3 Å². The maximum atomic E-state index is 12.5. The van der Waals surface area contributed by atoms with Crippen LogP contribution in [0.15, 0.2) is 24.3 Å². The van der Waals surface area contributed by atoms with Crippen molar-refractivity contribution in [3.8, 4) is 0 Å². The van der Waals surface area contributed by atoms with E-state index in [4.69, 9.17) is 0 Å². The molecule has 1 aliphatic carbocycles. The number of anilines is 1. The van der Waals surface area contributed by atoms with Crippen LogP contribution in [0.4, 0.5) is 5.69 Å². The van der Waals surface area contributed by atoms with Gasteiger partial charge >= 0.3 is 0 Å². The van der Waals surface area contributed by atoms with Crippen LogP contribution in [-0.4, -0.2) is 38.8 Å². The maximum absolute atomic E-state index is 12.5. The third kappa shape index (κ3) is 3.28. The molecular formula is C17H18Br2N2O3. The molecule has 128 valence electrons. The van der Waals surface area contributed by atoms with Gasteiger partial charge < -0.3 is 5.32 Å². The lowest BCUT2D eigenvalue weighted by molar-refractivity contribution is -0.142. The lowest BCUT2D eigenvalue weighted by Crippen LogP contribution is -2.38. The average Bonchev–Trinajstić information content (AvgIpc) is 2.75. The van der Waals surface area contributed by atoms with E-state index < -0.39 is 0 Å². The first-order chi connectivity index (χ1) is 11.4. The predicted molar refractivity (Wildman–Crippen MR) is 98.2 cm³/mol. The zero-order chi connectivity index (χ0) is 17.4. The second kappa shape index (κ2) is 6.96. The van der Waals surface area contributed by atoms with Crippen LogP contribution >= 0.6 is 31.9 Å². The number of amides is 3. The molecule has 7 heteroatoms. The predicted octanol–water partition coefficient (Wildman–Crippen LogP) is 2.86. The Morgan fingerprint density at radius 3 is 2.21 bits per heavy atom.